The molecule has 0 aromatic heterocycles. The SMILES string of the molecule is CCCCCC(C(C)CC(=O)OC)[N+](=O)[O-]. The molecule has 0 bridgehead atoms. The third kappa shape index (κ3) is 5.68. The van der Waals surface area contributed by atoms with Crippen molar-refractivity contribution >= 4 is 5.97 Å². The van der Waals surface area contributed by atoms with Crippen molar-refractivity contribution < 1.29 is 14.5 Å². The Hall–Kier alpha value is -1.13. The first-order valence-electron chi connectivity index (χ1n) is 5.73. The van der Waals surface area contributed by atoms with Gasteiger partial charge in [-0.25, -0.2) is 0 Å². The Morgan fingerprint density at radius 3 is 2.50 bits per heavy atom. The monoisotopic (exact) mass is 231 g/mol. The van der Waals surface area contributed by atoms with E-state index in [9.17, 15) is 14.9 Å². The largest absolute Gasteiger partial charge is 0.469 e. The molecule has 0 saturated carbocycles. The van der Waals surface area contributed by atoms with Gasteiger partial charge >= 0.3 is 5.97 Å². The molecule has 94 valence electrons. The fraction of sp³-hybridized carbons (Fsp3) is 0.909. The zero-order valence-corrected chi connectivity index (χ0v) is 10.3. The molecule has 0 saturated heterocycles. The molecule has 5 nitrogen and oxygen atoms in total. The van der Waals surface area contributed by atoms with Crippen molar-refractivity contribution in [3.63, 3.8) is 0 Å². The minimum Gasteiger partial charge on any atom is -0.469 e. The van der Waals surface area contributed by atoms with E-state index in [4.69, 9.17) is 0 Å². The summed E-state index contributed by atoms with van der Waals surface area (Å²) in [4.78, 5) is 21.6. The van der Waals surface area contributed by atoms with Gasteiger partial charge in [0, 0.05) is 17.3 Å². The first-order valence-corrected chi connectivity index (χ1v) is 5.73. The Bertz CT molecular complexity index is 230. The molecule has 0 aliphatic heterocycles. The van der Waals surface area contributed by atoms with Gasteiger partial charge in [0.05, 0.1) is 13.5 Å². The van der Waals surface area contributed by atoms with Crippen molar-refractivity contribution in [3.8, 4) is 0 Å². The molecule has 16 heavy (non-hydrogen) atoms. The summed E-state index contributed by atoms with van der Waals surface area (Å²) in [6.07, 6.45) is 3.53. The summed E-state index contributed by atoms with van der Waals surface area (Å²) in [6.45, 7) is 3.79. The van der Waals surface area contributed by atoms with E-state index in [1.54, 1.807) is 6.92 Å². The molecular formula is C11H21NO4. The van der Waals surface area contributed by atoms with E-state index < -0.39 is 6.04 Å². The molecule has 0 aromatic rings. The maximum absolute atomic E-state index is 11.0. The maximum Gasteiger partial charge on any atom is 0.306 e. The lowest BCUT2D eigenvalue weighted by Crippen LogP contribution is -2.29. The highest BCUT2D eigenvalue weighted by Gasteiger charge is 2.29. The second-order valence-electron chi connectivity index (χ2n) is 4.11. The Kier molecular flexibility index (Phi) is 7.50. The Morgan fingerprint density at radius 1 is 1.44 bits per heavy atom. The van der Waals surface area contributed by atoms with Crippen LogP contribution >= 0.6 is 0 Å². The van der Waals surface area contributed by atoms with Gasteiger partial charge in [0.2, 0.25) is 6.04 Å². The number of carbonyl (C=O) groups excluding carboxylic acids is 1. The number of hydrogen-bond acceptors (Lipinski definition) is 4. The lowest BCUT2D eigenvalue weighted by atomic mass is 9.94. The summed E-state index contributed by atoms with van der Waals surface area (Å²) >= 11 is 0. The van der Waals surface area contributed by atoms with Crippen molar-refractivity contribution in [2.75, 3.05) is 7.11 Å². The third-order valence-electron chi connectivity index (χ3n) is 2.75. The minimum absolute atomic E-state index is 0.119. The fourth-order valence-corrected chi connectivity index (χ4v) is 1.68. The molecule has 2 atom stereocenters. The Labute approximate surface area is 96.3 Å². The van der Waals surface area contributed by atoms with Crippen LogP contribution in [-0.2, 0) is 9.53 Å². The Morgan fingerprint density at radius 2 is 2.06 bits per heavy atom. The predicted molar refractivity (Wildman–Crippen MR) is 60.7 cm³/mol. The van der Waals surface area contributed by atoms with Gasteiger partial charge < -0.3 is 4.74 Å². The summed E-state index contributed by atoms with van der Waals surface area (Å²) in [7, 11) is 1.30. The molecule has 0 amide bonds. The number of ether oxygens (including phenoxy) is 1. The first kappa shape index (κ1) is 14.9. The number of esters is 1. The molecule has 0 heterocycles. The Balaban J connectivity index is 4.18. The van der Waals surface area contributed by atoms with Crippen LogP contribution in [0, 0.1) is 16.0 Å². The summed E-state index contributed by atoms with van der Waals surface area (Å²) in [5.74, 6) is -0.644. The number of methoxy groups -OCH3 is 1. The van der Waals surface area contributed by atoms with Crippen molar-refractivity contribution in [2.45, 2.75) is 52.0 Å². The zero-order valence-electron chi connectivity index (χ0n) is 10.3. The minimum atomic E-state index is -0.634. The molecule has 2 unspecified atom stereocenters. The lowest BCUT2D eigenvalue weighted by Gasteiger charge is -2.15. The maximum atomic E-state index is 11.0. The molecule has 0 radical (unpaired) electrons. The van der Waals surface area contributed by atoms with Crippen molar-refractivity contribution in [3.05, 3.63) is 10.1 Å². The van der Waals surface area contributed by atoms with Crippen LogP contribution in [0.5, 0.6) is 0 Å². The first-order chi connectivity index (χ1) is 7.52. The van der Waals surface area contributed by atoms with E-state index in [2.05, 4.69) is 11.7 Å². The summed E-state index contributed by atoms with van der Waals surface area (Å²) in [5.41, 5.74) is 0. The number of carbonyl (C=O) groups is 1. The predicted octanol–water partition coefficient (Wildman–Crippen LogP) is 2.41. The number of unbranched alkanes of at least 4 members (excludes halogenated alkanes) is 2. The highest BCUT2D eigenvalue weighted by atomic mass is 16.6. The van der Waals surface area contributed by atoms with Crippen LogP contribution in [-0.4, -0.2) is 24.0 Å². The molecule has 5 heteroatoms. The molecule has 0 rings (SSSR count). The van der Waals surface area contributed by atoms with Crippen LogP contribution in [0.25, 0.3) is 0 Å². The topological polar surface area (TPSA) is 69.4 Å². The summed E-state index contributed by atoms with van der Waals surface area (Å²) in [6, 6.07) is -0.634. The van der Waals surface area contributed by atoms with Crippen LogP contribution < -0.4 is 0 Å². The number of hydrogen-bond donors (Lipinski definition) is 0. The van der Waals surface area contributed by atoms with E-state index in [0.29, 0.717) is 6.42 Å². The summed E-state index contributed by atoms with van der Waals surface area (Å²) in [5, 5.41) is 10.9. The van der Waals surface area contributed by atoms with Gasteiger partial charge in [-0.05, 0) is 6.42 Å². The van der Waals surface area contributed by atoms with Crippen LogP contribution in [0.4, 0.5) is 0 Å². The van der Waals surface area contributed by atoms with Gasteiger partial charge in [-0.1, -0.05) is 26.7 Å². The van der Waals surface area contributed by atoms with E-state index in [0.717, 1.165) is 19.3 Å². The van der Waals surface area contributed by atoms with Crippen molar-refractivity contribution in [1.82, 2.24) is 0 Å². The highest BCUT2D eigenvalue weighted by molar-refractivity contribution is 5.69. The number of rotatable bonds is 8. The van der Waals surface area contributed by atoms with Crippen molar-refractivity contribution in [1.29, 1.82) is 0 Å². The van der Waals surface area contributed by atoms with Crippen LogP contribution in [0.1, 0.15) is 46.0 Å². The third-order valence-corrected chi connectivity index (χ3v) is 2.75. The number of nitro groups is 1. The van der Waals surface area contributed by atoms with E-state index >= 15 is 0 Å². The van der Waals surface area contributed by atoms with Crippen LogP contribution in [0.15, 0.2) is 0 Å². The molecular weight excluding hydrogens is 210 g/mol. The molecule has 0 fully saturated rings. The van der Waals surface area contributed by atoms with E-state index in [-0.39, 0.29) is 23.2 Å². The molecule has 0 aliphatic carbocycles. The number of nitrogens with zero attached hydrogens (tertiary/aromatic N) is 1. The lowest BCUT2D eigenvalue weighted by molar-refractivity contribution is -0.532. The summed E-state index contributed by atoms with van der Waals surface area (Å²) < 4.78 is 4.51. The van der Waals surface area contributed by atoms with E-state index in [1.807, 2.05) is 0 Å². The second kappa shape index (κ2) is 8.07. The smallest absolute Gasteiger partial charge is 0.306 e. The average Bonchev–Trinajstić information content (AvgIpc) is 2.23. The van der Waals surface area contributed by atoms with E-state index in [1.165, 1.54) is 7.11 Å². The average molecular weight is 231 g/mol. The van der Waals surface area contributed by atoms with Gasteiger partial charge in [-0.15, -0.1) is 0 Å². The second-order valence-corrected chi connectivity index (χ2v) is 4.11. The highest BCUT2D eigenvalue weighted by Crippen LogP contribution is 2.18. The molecule has 0 spiro atoms. The van der Waals surface area contributed by atoms with Gasteiger partial charge in [-0.2, -0.15) is 0 Å². The van der Waals surface area contributed by atoms with Gasteiger partial charge in [0.15, 0.2) is 0 Å². The molecule has 0 aromatic carbocycles. The standard InChI is InChI=1S/C11H21NO4/c1-4-5-6-7-10(12(14)15)9(2)8-11(13)16-3/h9-10H,4-8H2,1-3H3. The quantitative estimate of drug-likeness (QED) is 0.278. The van der Waals surface area contributed by atoms with Gasteiger partial charge in [0.1, 0.15) is 0 Å². The van der Waals surface area contributed by atoms with Crippen LogP contribution in [0.2, 0.25) is 0 Å². The van der Waals surface area contributed by atoms with Gasteiger partial charge in [-0.3, -0.25) is 14.9 Å². The molecule has 0 N–H and O–H groups in total. The molecule has 0 aliphatic rings. The van der Waals surface area contributed by atoms with Crippen LogP contribution in [0.3, 0.4) is 0 Å². The van der Waals surface area contributed by atoms with Crippen molar-refractivity contribution in [2.24, 2.45) is 5.92 Å². The zero-order chi connectivity index (χ0) is 12.6. The normalized spacial score (nSPS) is 14.2. The van der Waals surface area contributed by atoms with Gasteiger partial charge in [0.25, 0.3) is 0 Å². The fourth-order valence-electron chi connectivity index (χ4n) is 1.68.